The number of rotatable bonds is 7. The van der Waals surface area contributed by atoms with Crippen LogP contribution in [0.2, 0.25) is 0 Å². The zero-order valence-corrected chi connectivity index (χ0v) is 21.3. The molecular weight excluding hydrogens is 474 g/mol. The summed E-state index contributed by atoms with van der Waals surface area (Å²) in [5.41, 5.74) is -0.541. The first-order valence-electron chi connectivity index (χ1n) is 12.6. The van der Waals surface area contributed by atoms with Gasteiger partial charge in [-0.05, 0) is 44.8 Å². The molecule has 1 spiro atoms. The second-order valence-electron chi connectivity index (χ2n) is 9.71. The normalized spacial score (nSPS) is 21.9. The van der Waals surface area contributed by atoms with Crippen LogP contribution in [0.15, 0.2) is 48.0 Å². The van der Waals surface area contributed by atoms with Gasteiger partial charge in [-0.3, -0.25) is 14.4 Å². The number of para-hydroxylation sites is 1. The molecule has 1 fully saturated rings. The van der Waals surface area contributed by atoms with E-state index in [1.807, 2.05) is 38.1 Å². The number of fused-ring (bicyclic) bond motifs is 3. The van der Waals surface area contributed by atoms with Gasteiger partial charge >= 0.3 is 0 Å². The zero-order chi connectivity index (χ0) is 26.3. The molecule has 0 aliphatic carbocycles. The monoisotopic (exact) mass is 505 g/mol. The number of unbranched alkanes of at least 4 members (excludes halogenated alkanes) is 1. The molecule has 0 radical (unpaired) electrons. The van der Waals surface area contributed by atoms with E-state index in [4.69, 9.17) is 9.47 Å². The second-order valence-corrected chi connectivity index (χ2v) is 9.71. The molecule has 194 valence electrons. The van der Waals surface area contributed by atoms with Crippen LogP contribution in [-0.4, -0.2) is 79.4 Å². The van der Waals surface area contributed by atoms with Gasteiger partial charge in [0.05, 0.1) is 11.3 Å². The highest BCUT2D eigenvalue weighted by molar-refractivity contribution is 6.50. The van der Waals surface area contributed by atoms with Gasteiger partial charge in [-0.2, -0.15) is 0 Å². The fourth-order valence-electron chi connectivity index (χ4n) is 5.34. The van der Waals surface area contributed by atoms with Crippen LogP contribution in [-0.2, 0) is 19.9 Å². The van der Waals surface area contributed by atoms with Crippen LogP contribution in [0.4, 0.5) is 5.69 Å². The summed E-state index contributed by atoms with van der Waals surface area (Å²) in [6, 6.07) is 12.0. The van der Waals surface area contributed by atoms with E-state index in [9.17, 15) is 19.5 Å². The van der Waals surface area contributed by atoms with Crippen molar-refractivity contribution in [1.29, 1.82) is 0 Å². The minimum absolute atomic E-state index is 0.136. The lowest BCUT2D eigenvalue weighted by Gasteiger charge is -2.35. The topological polar surface area (TPSA) is 99.6 Å². The van der Waals surface area contributed by atoms with Crippen LogP contribution in [0.3, 0.4) is 0 Å². The van der Waals surface area contributed by atoms with Crippen molar-refractivity contribution in [2.45, 2.75) is 25.3 Å². The lowest BCUT2D eigenvalue weighted by molar-refractivity contribution is -0.143. The number of Topliss-reactive ketones (excluding diaryl/α,β-unsaturated/α-hetero) is 1. The van der Waals surface area contributed by atoms with Crippen molar-refractivity contribution in [2.24, 2.45) is 0 Å². The van der Waals surface area contributed by atoms with Crippen molar-refractivity contribution >= 4 is 29.0 Å². The Hall–Kier alpha value is -3.85. The van der Waals surface area contributed by atoms with Gasteiger partial charge in [-0.25, -0.2) is 0 Å². The maximum absolute atomic E-state index is 14.4. The van der Waals surface area contributed by atoms with E-state index in [1.165, 1.54) is 4.90 Å². The Kier molecular flexibility index (Phi) is 6.41. The molecule has 9 heteroatoms. The van der Waals surface area contributed by atoms with Crippen molar-refractivity contribution in [3.8, 4) is 11.5 Å². The summed E-state index contributed by atoms with van der Waals surface area (Å²) in [5.74, 6) is -1.55. The number of carbonyl (C=O) groups excluding carboxylic acids is 3. The lowest BCUT2D eigenvalue weighted by Crippen LogP contribution is -2.53. The van der Waals surface area contributed by atoms with E-state index in [0.717, 1.165) is 12.8 Å². The maximum Gasteiger partial charge on any atom is 0.296 e. The molecule has 2 amide bonds. The average Bonchev–Trinajstić information content (AvgIpc) is 3.28. The first kappa shape index (κ1) is 24.8. The summed E-state index contributed by atoms with van der Waals surface area (Å²) in [6.07, 6.45) is 1.62. The van der Waals surface area contributed by atoms with Crippen LogP contribution >= 0.6 is 0 Å². The number of aliphatic hydroxyl groups excluding tert-OH is 1. The third-order valence-electron chi connectivity index (χ3n) is 7.13. The van der Waals surface area contributed by atoms with E-state index in [-0.39, 0.29) is 17.7 Å². The standard InChI is InChI=1S/C28H31N3O6/c1-4-5-12-30-20-9-7-6-8-19(20)28(27(30)35)23(25(33)26(34)31(28)14-13-29(2)3)24(32)18-10-11-21-22(17-18)37-16-15-36-21/h6-11,17,32H,4-5,12-16H2,1-3H3/t28-/m0/s1. The molecule has 1 saturated heterocycles. The Morgan fingerprint density at radius 2 is 1.76 bits per heavy atom. The van der Waals surface area contributed by atoms with Gasteiger partial charge < -0.3 is 29.3 Å². The quantitative estimate of drug-likeness (QED) is 0.351. The molecular formula is C28H31N3O6. The van der Waals surface area contributed by atoms with Crippen molar-refractivity contribution < 1.29 is 29.0 Å². The third-order valence-corrected chi connectivity index (χ3v) is 7.13. The summed E-state index contributed by atoms with van der Waals surface area (Å²) >= 11 is 0. The molecule has 3 aliphatic heterocycles. The van der Waals surface area contributed by atoms with Gasteiger partial charge in [0, 0.05) is 30.8 Å². The summed E-state index contributed by atoms with van der Waals surface area (Å²) in [5, 5.41) is 11.6. The van der Waals surface area contributed by atoms with Crippen LogP contribution in [0.1, 0.15) is 30.9 Å². The number of benzene rings is 2. The summed E-state index contributed by atoms with van der Waals surface area (Å²) in [7, 11) is 3.72. The predicted molar refractivity (Wildman–Crippen MR) is 138 cm³/mol. The lowest BCUT2D eigenvalue weighted by atomic mass is 9.82. The highest BCUT2D eigenvalue weighted by Crippen LogP contribution is 2.53. The first-order valence-corrected chi connectivity index (χ1v) is 12.6. The summed E-state index contributed by atoms with van der Waals surface area (Å²) < 4.78 is 11.2. The Morgan fingerprint density at radius 1 is 1.03 bits per heavy atom. The third kappa shape index (κ3) is 3.76. The number of ketones is 1. The van der Waals surface area contributed by atoms with Crippen LogP contribution < -0.4 is 14.4 Å². The van der Waals surface area contributed by atoms with Gasteiger partial charge in [0.15, 0.2) is 17.0 Å². The van der Waals surface area contributed by atoms with E-state index in [1.54, 1.807) is 35.2 Å². The molecule has 3 aliphatic rings. The number of ether oxygens (including phenoxy) is 2. The number of hydrogen-bond donors (Lipinski definition) is 1. The number of anilines is 1. The molecule has 2 aromatic carbocycles. The SMILES string of the molecule is CCCCN1C(=O)[C@@]2(C(=C(O)c3ccc4c(c3)OCCO4)C(=O)C(=O)N2CCN(C)C)c2ccccc21. The molecule has 0 aromatic heterocycles. The van der Waals surface area contributed by atoms with E-state index in [2.05, 4.69) is 0 Å². The minimum Gasteiger partial charge on any atom is -0.507 e. The molecule has 1 N–H and O–H groups in total. The number of aliphatic hydroxyl groups is 1. The summed E-state index contributed by atoms with van der Waals surface area (Å²) in [6.45, 7) is 3.81. The van der Waals surface area contributed by atoms with Crippen LogP contribution in [0.5, 0.6) is 11.5 Å². The molecule has 3 heterocycles. The molecule has 0 saturated carbocycles. The fourth-order valence-corrected chi connectivity index (χ4v) is 5.34. The largest absolute Gasteiger partial charge is 0.507 e. The van der Waals surface area contributed by atoms with Crippen molar-refractivity contribution in [2.75, 3.05) is 51.8 Å². The molecule has 2 aromatic rings. The van der Waals surface area contributed by atoms with Gasteiger partial charge in [-0.1, -0.05) is 31.5 Å². The molecule has 5 rings (SSSR count). The number of nitrogens with zero attached hydrogens (tertiary/aromatic N) is 3. The number of likely N-dealkylation sites (tertiary alicyclic amines) is 1. The highest BCUT2D eigenvalue weighted by atomic mass is 16.6. The number of hydrogen-bond acceptors (Lipinski definition) is 7. The molecule has 9 nitrogen and oxygen atoms in total. The molecule has 0 unspecified atom stereocenters. The molecule has 37 heavy (non-hydrogen) atoms. The Morgan fingerprint density at radius 3 is 2.49 bits per heavy atom. The number of amides is 2. The predicted octanol–water partition coefficient (Wildman–Crippen LogP) is 2.74. The van der Waals surface area contributed by atoms with E-state index < -0.39 is 28.9 Å². The maximum atomic E-state index is 14.4. The number of carbonyl (C=O) groups is 3. The van der Waals surface area contributed by atoms with Crippen molar-refractivity contribution in [3.05, 3.63) is 59.2 Å². The highest BCUT2D eigenvalue weighted by Gasteiger charge is 2.66. The van der Waals surface area contributed by atoms with Crippen LogP contribution in [0.25, 0.3) is 5.76 Å². The summed E-state index contributed by atoms with van der Waals surface area (Å²) in [4.78, 5) is 46.4. The van der Waals surface area contributed by atoms with E-state index >= 15 is 0 Å². The molecule has 1 atom stereocenters. The number of likely N-dealkylation sites (N-methyl/N-ethyl adjacent to an activating group) is 1. The van der Waals surface area contributed by atoms with Gasteiger partial charge in [0.2, 0.25) is 0 Å². The Labute approximate surface area is 215 Å². The smallest absolute Gasteiger partial charge is 0.296 e. The van der Waals surface area contributed by atoms with Gasteiger partial charge in [0.25, 0.3) is 17.6 Å². The first-order chi connectivity index (χ1) is 17.8. The Bertz CT molecular complexity index is 1300. The minimum atomic E-state index is -1.76. The zero-order valence-electron chi connectivity index (χ0n) is 21.3. The van der Waals surface area contributed by atoms with Crippen molar-refractivity contribution in [3.63, 3.8) is 0 Å². The van der Waals surface area contributed by atoms with Crippen molar-refractivity contribution in [1.82, 2.24) is 9.80 Å². The van der Waals surface area contributed by atoms with E-state index in [0.29, 0.717) is 49.1 Å². The van der Waals surface area contributed by atoms with Gasteiger partial charge in [0.1, 0.15) is 19.0 Å². The van der Waals surface area contributed by atoms with Crippen LogP contribution in [0, 0.1) is 0 Å². The fraction of sp³-hybridized carbons (Fsp3) is 0.393. The molecule has 0 bridgehead atoms. The average molecular weight is 506 g/mol. The second kappa shape index (κ2) is 9.55. The van der Waals surface area contributed by atoms with Gasteiger partial charge in [-0.15, -0.1) is 0 Å². The Balaban J connectivity index is 1.75.